The average Bonchev–Trinajstić information content (AvgIpc) is 3.33. The largest absolute Gasteiger partial charge is 0.380 e. The molecule has 0 radical (unpaired) electrons. The summed E-state index contributed by atoms with van der Waals surface area (Å²) in [6.45, 7) is 0.482. The number of nitrogens with zero attached hydrogens (tertiary/aromatic N) is 3. The van der Waals surface area contributed by atoms with Crippen LogP contribution in [0.4, 0.5) is 0 Å². The van der Waals surface area contributed by atoms with Crippen molar-refractivity contribution in [3.8, 4) is 11.3 Å². The summed E-state index contributed by atoms with van der Waals surface area (Å²) in [6.07, 6.45) is 2.73. The van der Waals surface area contributed by atoms with E-state index >= 15 is 0 Å². The summed E-state index contributed by atoms with van der Waals surface area (Å²) in [5.74, 6) is 1.30. The van der Waals surface area contributed by atoms with Gasteiger partial charge in [0.05, 0.1) is 6.54 Å². The SMILES string of the molecule is O[C@H](c1ccccc1)c1nccn1Cc1cc(-c2ccccc2)on1. The van der Waals surface area contributed by atoms with Crippen molar-refractivity contribution in [2.24, 2.45) is 0 Å². The highest BCUT2D eigenvalue weighted by molar-refractivity contribution is 5.56. The molecule has 0 saturated heterocycles. The summed E-state index contributed by atoms with van der Waals surface area (Å²) >= 11 is 0. The van der Waals surface area contributed by atoms with E-state index in [4.69, 9.17) is 4.52 Å². The highest BCUT2D eigenvalue weighted by atomic mass is 16.5. The second kappa shape index (κ2) is 6.75. The van der Waals surface area contributed by atoms with Crippen LogP contribution in [0, 0.1) is 0 Å². The Bertz CT molecular complexity index is 945. The van der Waals surface area contributed by atoms with Gasteiger partial charge in [-0.2, -0.15) is 0 Å². The molecule has 0 aliphatic rings. The third-order valence-corrected chi connectivity index (χ3v) is 4.06. The summed E-state index contributed by atoms with van der Waals surface area (Å²) in [4.78, 5) is 4.31. The average molecular weight is 331 g/mol. The Morgan fingerprint density at radius 3 is 2.48 bits per heavy atom. The maximum Gasteiger partial charge on any atom is 0.167 e. The van der Waals surface area contributed by atoms with Crippen molar-refractivity contribution in [1.29, 1.82) is 0 Å². The maximum atomic E-state index is 10.6. The fourth-order valence-corrected chi connectivity index (χ4v) is 2.79. The molecule has 1 N–H and O–H groups in total. The van der Waals surface area contributed by atoms with Gasteiger partial charge in [0.15, 0.2) is 5.76 Å². The zero-order chi connectivity index (χ0) is 17.1. The van der Waals surface area contributed by atoms with Crippen LogP contribution in [0.3, 0.4) is 0 Å². The number of imidazole rings is 1. The molecule has 4 rings (SSSR count). The first-order chi connectivity index (χ1) is 12.3. The number of hydrogen-bond donors (Lipinski definition) is 1. The lowest BCUT2D eigenvalue weighted by atomic mass is 10.1. The molecule has 4 aromatic rings. The second-order valence-electron chi connectivity index (χ2n) is 5.78. The topological polar surface area (TPSA) is 64.1 Å². The Morgan fingerprint density at radius 2 is 1.72 bits per heavy atom. The van der Waals surface area contributed by atoms with E-state index in [1.54, 1.807) is 6.20 Å². The fraction of sp³-hybridized carbons (Fsp3) is 0.100. The second-order valence-corrected chi connectivity index (χ2v) is 5.78. The molecule has 5 heteroatoms. The molecular formula is C20H17N3O2. The number of aromatic nitrogens is 3. The van der Waals surface area contributed by atoms with Crippen molar-refractivity contribution < 1.29 is 9.63 Å². The predicted octanol–water partition coefficient (Wildman–Crippen LogP) is 3.67. The molecule has 0 amide bonds. The van der Waals surface area contributed by atoms with E-state index in [0.717, 1.165) is 22.6 Å². The van der Waals surface area contributed by atoms with E-state index in [0.29, 0.717) is 12.4 Å². The zero-order valence-corrected chi connectivity index (χ0v) is 13.5. The molecule has 0 bridgehead atoms. The Labute approximate surface area is 145 Å². The van der Waals surface area contributed by atoms with E-state index in [1.165, 1.54) is 0 Å². The minimum atomic E-state index is -0.781. The number of aliphatic hydroxyl groups excluding tert-OH is 1. The van der Waals surface area contributed by atoms with Crippen LogP contribution in [-0.4, -0.2) is 19.8 Å². The molecule has 2 aromatic heterocycles. The highest BCUT2D eigenvalue weighted by Crippen LogP contribution is 2.23. The van der Waals surface area contributed by atoms with Gasteiger partial charge in [-0.1, -0.05) is 65.8 Å². The highest BCUT2D eigenvalue weighted by Gasteiger charge is 2.17. The van der Waals surface area contributed by atoms with Gasteiger partial charge in [-0.25, -0.2) is 4.98 Å². The Morgan fingerprint density at radius 1 is 1.00 bits per heavy atom. The molecule has 0 aliphatic carbocycles. The van der Waals surface area contributed by atoms with Gasteiger partial charge in [-0.3, -0.25) is 0 Å². The lowest BCUT2D eigenvalue weighted by molar-refractivity contribution is 0.205. The first-order valence-corrected chi connectivity index (χ1v) is 8.06. The lowest BCUT2D eigenvalue weighted by Gasteiger charge is -2.12. The standard InChI is InChI=1S/C20H17N3O2/c24-19(16-9-5-2-6-10-16)20-21-11-12-23(20)14-17-13-18(25-22-17)15-7-3-1-4-8-15/h1-13,19,24H,14H2/t19-/m1/s1. The van der Waals surface area contributed by atoms with Crippen molar-refractivity contribution in [1.82, 2.24) is 14.7 Å². The Balaban J connectivity index is 1.57. The third-order valence-electron chi connectivity index (χ3n) is 4.06. The van der Waals surface area contributed by atoms with E-state index < -0.39 is 6.10 Å². The molecule has 0 saturated carbocycles. The van der Waals surface area contributed by atoms with E-state index in [-0.39, 0.29) is 0 Å². The van der Waals surface area contributed by atoms with Gasteiger partial charge in [-0.05, 0) is 5.56 Å². The van der Waals surface area contributed by atoms with Gasteiger partial charge in [0, 0.05) is 24.0 Å². The van der Waals surface area contributed by atoms with Gasteiger partial charge in [0.1, 0.15) is 17.6 Å². The summed E-state index contributed by atoms with van der Waals surface area (Å²) in [5, 5.41) is 14.7. The quantitative estimate of drug-likeness (QED) is 0.606. The summed E-state index contributed by atoms with van der Waals surface area (Å²) in [5.41, 5.74) is 2.56. The third kappa shape index (κ3) is 3.22. The van der Waals surface area contributed by atoms with Crippen LogP contribution in [0.2, 0.25) is 0 Å². The van der Waals surface area contributed by atoms with Gasteiger partial charge in [0.25, 0.3) is 0 Å². The molecule has 5 nitrogen and oxygen atoms in total. The van der Waals surface area contributed by atoms with Crippen LogP contribution in [0.15, 0.2) is 83.6 Å². The first-order valence-electron chi connectivity index (χ1n) is 8.06. The molecule has 0 aliphatic heterocycles. The molecule has 0 fully saturated rings. The van der Waals surface area contributed by atoms with Crippen LogP contribution < -0.4 is 0 Å². The molecule has 124 valence electrons. The molecule has 2 heterocycles. The van der Waals surface area contributed by atoms with Crippen LogP contribution in [-0.2, 0) is 6.54 Å². The van der Waals surface area contributed by atoms with Crippen molar-refractivity contribution in [3.05, 3.63) is 96.2 Å². The molecule has 25 heavy (non-hydrogen) atoms. The monoisotopic (exact) mass is 331 g/mol. The summed E-state index contributed by atoms with van der Waals surface area (Å²) in [6, 6.07) is 21.2. The van der Waals surface area contributed by atoms with Crippen molar-refractivity contribution in [3.63, 3.8) is 0 Å². The molecule has 2 aromatic carbocycles. The predicted molar refractivity (Wildman–Crippen MR) is 93.8 cm³/mol. The van der Waals surface area contributed by atoms with Crippen LogP contribution in [0.25, 0.3) is 11.3 Å². The minimum Gasteiger partial charge on any atom is -0.380 e. The van der Waals surface area contributed by atoms with Gasteiger partial charge in [-0.15, -0.1) is 0 Å². The first kappa shape index (κ1) is 15.4. The molecular weight excluding hydrogens is 314 g/mol. The summed E-state index contributed by atoms with van der Waals surface area (Å²) < 4.78 is 7.32. The Hall–Kier alpha value is -3.18. The zero-order valence-electron chi connectivity index (χ0n) is 13.5. The lowest BCUT2D eigenvalue weighted by Crippen LogP contribution is -2.10. The number of rotatable bonds is 5. The van der Waals surface area contributed by atoms with Gasteiger partial charge < -0.3 is 14.2 Å². The number of benzene rings is 2. The molecule has 0 spiro atoms. The molecule has 0 unspecified atom stereocenters. The normalized spacial score (nSPS) is 12.2. The van der Waals surface area contributed by atoms with Gasteiger partial charge >= 0.3 is 0 Å². The number of hydrogen-bond acceptors (Lipinski definition) is 4. The van der Waals surface area contributed by atoms with E-state index in [2.05, 4.69) is 10.1 Å². The smallest absolute Gasteiger partial charge is 0.167 e. The van der Waals surface area contributed by atoms with Crippen molar-refractivity contribution in [2.75, 3.05) is 0 Å². The maximum absolute atomic E-state index is 10.6. The van der Waals surface area contributed by atoms with Crippen molar-refractivity contribution >= 4 is 0 Å². The number of aliphatic hydroxyl groups is 1. The van der Waals surface area contributed by atoms with Crippen LogP contribution in [0.5, 0.6) is 0 Å². The minimum absolute atomic E-state index is 0.482. The van der Waals surface area contributed by atoms with E-state index in [1.807, 2.05) is 77.5 Å². The van der Waals surface area contributed by atoms with Crippen LogP contribution >= 0.6 is 0 Å². The fourth-order valence-electron chi connectivity index (χ4n) is 2.79. The van der Waals surface area contributed by atoms with Gasteiger partial charge in [0.2, 0.25) is 0 Å². The summed E-state index contributed by atoms with van der Waals surface area (Å²) in [7, 11) is 0. The van der Waals surface area contributed by atoms with E-state index in [9.17, 15) is 5.11 Å². The molecule has 1 atom stereocenters. The Kier molecular flexibility index (Phi) is 4.14. The van der Waals surface area contributed by atoms with Crippen molar-refractivity contribution in [2.45, 2.75) is 12.6 Å². The van der Waals surface area contributed by atoms with Crippen LogP contribution in [0.1, 0.15) is 23.2 Å².